The molecule has 7 nitrogen and oxygen atoms in total. The van der Waals surface area contributed by atoms with Crippen LogP contribution in [0.25, 0.3) is 0 Å². The minimum absolute atomic E-state index is 0.0429. The van der Waals surface area contributed by atoms with Crippen molar-refractivity contribution in [3.63, 3.8) is 0 Å². The third-order valence-corrected chi connectivity index (χ3v) is 4.82. The van der Waals surface area contributed by atoms with Crippen LogP contribution in [0.4, 0.5) is 0 Å². The molecular weight excluding hydrogens is 330 g/mol. The molecule has 0 aliphatic carbocycles. The molecule has 2 N–H and O–H groups in total. The summed E-state index contributed by atoms with van der Waals surface area (Å²) in [4.78, 5) is 26.1. The zero-order chi connectivity index (χ0) is 18.7. The smallest absolute Gasteiger partial charge is 0.267 e. The van der Waals surface area contributed by atoms with Crippen molar-refractivity contribution in [3.8, 4) is 0 Å². The van der Waals surface area contributed by atoms with Gasteiger partial charge in [0.25, 0.3) is 5.56 Å². The van der Waals surface area contributed by atoms with Gasteiger partial charge in [-0.05, 0) is 31.4 Å². The quantitative estimate of drug-likeness (QED) is 0.834. The van der Waals surface area contributed by atoms with Gasteiger partial charge in [0.15, 0.2) is 0 Å². The largest absolute Gasteiger partial charge is 0.343 e. The van der Waals surface area contributed by atoms with Gasteiger partial charge in [0.1, 0.15) is 6.54 Å². The number of hydrazine groups is 1. The number of aromatic nitrogens is 2. The Labute approximate surface area is 153 Å². The van der Waals surface area contributed by atoms with Crippen LogP contribution in [0.5, 0.6) is 0 Å². The number of rotatable bonds is 5. The van der Waals surface area contributed by atoms with Crippen LogP contribution in [0.3, 0.4) is 0 Å². The van der Waals surface area contributed by atoms with E-state index in [9.17, 15) is 9.59 Å². The molecule has 2 aromatic rings. The molecule has 7 heteroatoms. The molecule has 0 spiro atoms. The number of amides is 1. The van der Waals surface area contributed by atoms with E-state index in [4.69, 9.17) is 0 Å². The molecule has 1 aliphatic rings. The van der Waals surface area contributed by atoms with Gasteiger partial charge in [-0.25, -0.2) is 10.1 Å². The lowest BCUT2D eigenvalue weighted by atomic mass is 10.0. The van der Waals surface area contributed by atoms with Gasteiger partial charge in [0.05, 0.1) is 5.69 Å². The fourth-order valence-corrected chi connectivity index (χ4v) is 3.11. The first kappa shape index (κ1) is 18.3. The number of benzene rings is 1. The second kappa shape index (κ2) is 7.80. The second-order valence-electron chi connectivity index (χ2n) is 6.87. The Bertz CT molecular complexity index is 834. The Hall–Kier alpha value is -2.51. The summed E-state index contributed by atoms with van der Waals surface area (Å²) in [5.41, 5.74) is 9.10. The SMILES string of the molecule is Cc1cc(=O)n(CC(=O)N(C)CC2CC(c3ccccc3)NN2)nc1C. The summed E-state index contributed by atoms with van der Waals surface area (Å²) in [7, 11) is 1.76. The molecule has 1 amide bonds. The van der Waals surface area contributed by atoms with Crippen molar-refractivity contribution in [1.29, 1.82) is 0 Å². The van der Waals surface area contributed by atoms with E-state index in [1.807, 2.05) is 32.0 Å². The topological polar surface area (TPSA) is 79.3 Å². The molecule has 1 saturated heterocycles. The van der Waals surface area contributed by atoms with E-state index in [1.54, 1.807) is 11.9 Å². The highest BCUT2D eigenvalue weighted by molar-refractivity contribution is 5.75. The molecule has 2 atom stereocenters. The standard InChI is InChI=1S/C19H25N5O2/c1-13-9-18(25)24(22-14(13)2)12-19(26)23(3)11-16-10-17(21-20-16)15-7-5-4-6-8-15/h4-9,16-17,20-21H,10-12H2,1-3H3. The van der Waals surface area contributed by atoms with Gasteiger partial charge in [-0.15, -0.1) is 0 Å². The van der Waals surface area contributed by atoms with Gasteiger partial charge in [-0.2, -0.15) is 5.10 Å². The van der Waals surface area contributed by atoms with Crippen molar-refractivity contribution < 1.29 is 4.79 Å². The summed E-state index contributed by atoms with van der Waals surface area (Å²) in [6, 6.07) is 12.1. The number of hydrogen-bond donors (Lipinski definition) is 2. The van der Waals surface area contributed by atoms with E-state index in [0.717, 1.165) is 17.7 Å². The van der Waals surface area contributed by atoms with Crippen LogP contribution in [-0.4, -0.2) is 40.2 Å². The molecule has 3 rings (SSSR count). The Morgan fingerprint density at radius 1 is 1.27 bits per heavy atom. The first-order chi connectivity index (χ1) is 12.4. The van der Waals surface area contributed by atoms with E-state index in [1.165, 1.54) is 16.3 Å². The maximum absolute atomic E-state index is 12.5. The molecule has 138 valence electrons. The molecule has 26 heavy (non-hydrogen) atoms. The van der Waals surface area contributed by atoms with Crippen LogP contribution >= 0.6 is 0 Å². The van der Waals surface area contributed by atoms with Crippen molar-refractivity contribution >= 4 is 5.91 Å². The van der Waals surface area contributed by atoms with Crippen LogP contribution in [0, 0.1) is 13.8 Å². The summed E-state index contributed by atoms with van der Waals surface area (Å²) in [6.07, 6.45) is 0.892. The van der Waals surface area contributed by atoms with Gasteiger partial charge in [0.2, 0.25) is 5.91 Å². The van der Waals surface area contributed by atoms with E-state index < -0.39 is 0 Å². The number of hydrogen-bond acceptors (Lipinski definition) is 5. The summed E-state index contributed by atoms with van der Waals surface area (Å²) < 4.78 is 1.23. The zero-order valence-corrected chi connectivity index (χ0v) is 15.4. The molecule has 1 aromatic carbocycles. The predicted molar refractivity (Wildman–Crippen MR) is 99.5 cm³/mol. The maximum Gasteiger partial charge on any atom is 0.267 e. The molecule has 0 saturated carbocycles. The van der Waals surface area contributed by atoms with Crippen molar-refractivity contribution in [2.45, 2.75) is 38.9 Å². The fraction of sp³-hybridized carbons (Fsp3) is 0.421. The summed E-state index contributed by atoms with van der Waals surface area (Å²) >= 11 is 0. The average Bonchev–Trinajstić information content (AvgIpc) is 3.09. The molecule has 2 heterocycles. The number of likely N-dealkylation sites (N-methyl/N-ethyl adjacent to an activating group) is 1. The minimum Gasteiger partial charge on any atom is -0.343 e. The molecule has 1 fully saturated rings. The first-order valence-corrected chi connectivity index (χ1v) is 8.79. The highest BCUT2D eigenvalue weighted by Crippen LogP contribution is 2.22. The van der Waals surface area contributed by atoms with Gasteiger partial charge in [-0.1, -0.05) is 30.3 Å². The number of carbonyl (C=O) groups is 1. The number of nitrogens with zero attached hydrogens (tertiary/aromatic N) is 3. The summed E-state index contributed by atoms with van der Waals surface area (Å²) in [5.74, 6) is -0.132. The number of aryl methyl sites for hydroxylation is 2. The van der Waals surface area contributed by atoms with Crippen LogP contribution in [-0.2, 0) is 11.3 Å². The van der Waals surface area contributed by atoms with Gasteiger partial charge in [-0.3, -0.25) is 15.0 Å². The third kappa shape index (κ3) is 4.17. The lowest BCUT2D eigenvalue weighted by Gasteiger charge is -2.21. The average molecular weight is 355 g/mol. The van der Waals surface area contributed by atoms with E-state index in [-0.39, 0.29) is 30.1 Å². The van der Waals surface area contributed by atoms with E-state index in [0.29, 0.717) is 6.54 Å². The fourth-order valence-electron chi connectivity index (χ4n) is 3.11. The van der Waals surface area contributed by atoms with E-state index in [2.05, 4.69) is 28.1 Å². The van der Waals surface area contributed by atoms with Crippen molar-refractivity contribution in [2.75, 3.05) is 13.6 Å². The van der Waals surface area contributed by atoms with E-state index >= 15 is 0 Å². The van der Waals surface area contributed by atoms with Crippen LogP contribution in [0.1, 0.15) is 29.3 Å². The Morgan fingerprint density at radius 3 is 2.73 bits per heavy atom. The Balaban J connectivity index is 1.57. The van der Waals surface area contributed by atoms with Gasteiger partial charge in [0, 0.05) is 31.7 Å². The minimum atomic E-state index is -0.250. The Kier molecular flexibility index (Phi) is 5.49. The van der Waals surface area contributed by atoms with Crippen molar-refractivity contribution in [1.82, 2.24) is 25.5 Å². The van der Waals surface area contributed by atoms with Crippen LogP contribution < -0.4 is 16.4 Å². The number of nitrogens with one attached hydrogen (secondary N) is 2. The lowest BCUT2D eigenvalue weighted by Crippen LogP contribution is -2.43. The second-order valence-corrected chi connectivity index (χ2v) is 6.87. The Morgan fingerprint density at radius 2 is 2.00 bits per heavy atom. The molecule has 2 unspecified atom stereocenters. The lowest BCUT2D eigenvalue weighted by molar-refractivity contribution is -0.131. The zero-order valence-electron chi connectivity index (χ0n) is 15.4. The molecule has 1 aromatic heterocycles. The highest BCUT2D eigenvalue weighted by atomic mass is 16.2. The maximum atomic E-state index is 12.5. The number of carbonyl (C=O) groups excluding carboxylic acids is 1. The monoisotopic (exact) mass is 355 g/mol. The van der Waals surface area contributed by atoms with Gasteiger partial charge < -0.3 is 4.90 Å². The third-order valence-electron chi connectivity index (χ3n) is 4.82. The summed E-state index contributed by atoms with van der Waals surface area (Å²) in [6.45, 7) is 4.19. The summed E-state index contributed by atoms with van der Waals surface area (Å²) in [5, 5.41) is 4.21. The van der Waals surface area contributed by atoms with Crippen LogP contribution in [0.2, 0.25) is 0 Å². The van der Waals surface area contributed by atoms with Crippen LogP contribution in [0.15, 0.2) is 41.2 Å². The predicted octanol–water partition coefficient (Wildman–Crippen LogP) is 0.926. The molecule has 1 aliphatic heterocycles. The first-order valence-electron chi connectivity index (χ1n) is 8.79. The van der Waals surface area contributed by atoms with Gasteiger partial charge >= 0.3 is 0 Å². The highest BCUT2D eigenvalue weighted by Gasteiger charge is 2.27. The molecule has 0 bridgehead atoms. The molecular formula is C19H25N5O2. The van der Waals surface area contributed by atoms with Crippen molar-refractivity contribution in [3.05, 3.63) is 63.6 Å². The van der Waals surface area contributed by atoms with Crippen molar-refractivity contribution in [2.24, 2.45) is 0 Å². The molecule has 0 radical (unpaired) electrons. The normalized spacial score (nSPS) is 19.5.